The Labute approximate surface area is 147 Å². The molecule has 0 aliphatic rings. The molecule has 6 heteroatoms. The van der Waals surface area contributed by atoms with Crippen molar-refractivity contribution in [2.75, 3.05) is 24.5 Å². The van der Waals surface area contributed by atoms with E-state index >= 15 is 0 Å². The Bertz CT molecular complexity index is 696. The highest BCUT2D eigenvalue weighted by Gasteiger charge is 2.24. The summed E-state index contributed by atoms with van der Waals surface area (Å²) in [5.74, 6) is 0.129. The van der Waals surface area contributed by atoms with Crippen molar-refractivity contribution in [2.24, 2.45) is 0 Å². The third-order valence-electron chi connectivity index (χ3n) is 4.16. The number of anilines is 1. The van der Waals surface area contributed by atoms with E-state index in [4.69, 9.17) is 0 Å². The monoisotopic (exact) mass is 345 g/mol. The number of rotatable bonds is 7. The fourth-order valence-electron chi connectivity index (χ4n) is 2.52. The topological polar surface area (TPSA) is 65.5 Å². The number of hydrogen-bond acceptors (Lipinski definition) is 4. The lowest BCUT2D eigenvalue weighted by Crippen LogP contribution is -2.38. The second-order valence-corrected chi connectivity index (χ2v) is 6.04. The first-order valence-corrected chi connectivity index (χ1v) is 8.35. The van der Waals surface area contributed by atoms with Crippen LogP contribution in [0.2, 0.25) is 0 Å². The van der Waals surface area contributed by atoms with Crippen LogP contribution < -0.4 is 10.2 Å². The molecular formula is C19H24FN3O2. The molecule has 1 aromatic carbocycles. The highest BCUT2D eigenvalue weighted by atomic mass is 19.1. The number of pyridine rings is 1. The van der Waals surface area contributed by atoms with Crippen molar-refractivity contribution in [3.63, 3.8) is 0 Å². The quantitative estimate of drug-likeness (QED) is 0.810. The van der Waals surface area contributed by atoms with Gasteiger partial charge < -0.3 is 15.3 Å². The van der Waals surface area contributed by atoms with Gasteiger partial charge in [0.2, 0.25) is 0 Å². The van der Waals surface area contributed by atoms with Gasteiger partial charge in [-0.3, -0.25) is 4.79 Å². The molecule has 2 aromatic rings. The first kappa shape index (κ1) is 18.9. The molecular weight excluding hydrogens is 321 g/mol. The summed E-state index contributed by atoms with van der Waals surface area (Å²) in [6.07, 6.45) is 1.52. The van der Waals surface area contributed by atoms with Crippen LogP contribution in [-0.4, -0.2) is 35.6 Å². The van der Waals surface area contributed by atoms with Gasteiger partial charge in [-0.2, -0.15) is 0 Å². The normalized spacial score (nSPS) is 13.2. The van der Waals surface area contributed by atoms with E-state index in [-0.39, 0.29) is 18.3 Å². The zero-order valence-corrected chi connectivity index (χ0v) is 14.8. The van der Waals surface area contributed by atoms with E-state index in [1.54, 1.807) is 19.1 Å². The lowest BCUT2D eigenvalue weighted by Gasteiger charge is -2.24. The number of nitrogens with one attached hydrogen (secondary N) is 1. The van der Waals surface area contributed by atoms with Crippen molar-refractivity contribution < 1.29 is 14.3 Å². The van der Waals surface area contributed by atoms with E-state index in [0.717, 1.165) is 18.9 Å². The van der Waals surface area contributed by atoms with Gasteiger partial charge in [0.15, 0.2) is 0 Å². The molecule has 0 fully saturated rings. The molecule has 25 heavy (non-hydrogen) atoms. The van der Waals surface area contributed by atoms with E-state index in [1.165, 1.54) is 30.5 Å². The molecule has 5 nitrogen and oxygen atoms in total. The van der Waals surface area contributed by atoms with Crippen LogP contribution in [0.25, 0.3) is 0 Å². The summed E-state index contributed by atoms with van der Waals surface area (Å²) in [6.45, 7) is 7.36. The first-order chi connectivity index (χ1) is 11.9. The number of nitrogens with zero attached hydrogens (tertiary/aromatic N) is 2. The highest BCUT2D eigenvalue weighted by molar-refractivity contribution is 5.94. The van der Waals surface area contributed by atoms with E-state index in [0.29, 0.717) is 11.1 Å². The Morgan fingerprint density at radius 1 is 1.20 bits per heavy atom. The number of aliphatic hydroxyl groups is 1. The molecule has 1 aromatic heterocycles. The van der Waals surface area contributed by atoms with Gasteiger partial charge in [0.1, 0.15) is 17.2 Å². The predicted octanol–water partition coefficient (Wildman–Crippen LogP) is 2.70. The fraction of sp³-hybridized carbons (Fsp3) is 0.368. The van der Waals surface area contributed by atoms with E-state index in [1.807, 2.05) is 13.8 Å². The van der Waals surface area contributed by atoms with Crippen LogP contribution in [0.15, 0.2) is 42.6 Å². The third kappa shape index (κ3) is 4.76. The fourth-order valence-corrected chi connectivity index (χ4v) is 2.52. The van der Waals surface area contributed by atoms with E-state index in [9.17, 15) is 14.3 Å². The molecule has 0 spiro atoms. The van der Waals surface area contributed by atoms with Gasteiger partial charge in [0.05, 0.1) is 12.1 Å². The number of carbonyl (C=O) groups is 1. The molecule has 1 heterocycles. The molecule has 0 radical (unpaired) electrons. The summed E-state index contributed by atoms with van der Waals surface area (Å²) >= 11 is 0. The predicted molar refractivity (Wildman–Crippen MR) is 96.1 cm³/mol. The third-order valence-corrected chi connectivity index (χ3v) is 4.16. The van der Waals surface area contributed by atoms with Crippen molar-refractivity contribution in [3.05, 3.63) is 59.5 Å². The average molecular weight is 345 g/mol. The maximum absolute atomic E-state index is 13.0. The minimum absolute atomic E-state index is 0.00919. The van der Waals surface area contributed by atoms with Crippen LogP contribution in [0, 0.1) is 5.82 Å². The van der Waals surface area contributed by atoms with Gasteiger partial charge in [0.25, 0.3) is 5.91 Å². The van der Waals surface area contributed by atoms with Crippen molar-refractivity contribution in [1.82, 2.24) is 10.3 Å². The number of amides is 1. The van der Waals surface area contributed by atoms with Gasteiger partial charge >= 0.3 is 0 Å². The van der Waals surface area contributed by atoms with Crippen molar-refractivity contribution in [1.29, 1.82) is 0 Å². The summed E-state index contributed by atoms with van der Waals surface area (Å²) in [5.41, 5.74) is -0.340. The number of benzene rings is 1. The zero-order valence-electron chi connectivity index (χ0n) is 14.8. The average Bonchev–Trinajstić information content (AvgIpc) is 2.62. The largest absolute Gasteiger partial charge is 0.384 e. The minimum atomic E-state index is -1.29. The second-order valence-electron chi connectivity index (χ2n) is 6.04. The van der Waals surface area contributed by atoms with Gasteiger partial charge in [0, 0.05) is 19.3 Å². The minimum Gasteiger partial charge on any atom is -0.384 e. The van der Waals surface area contributed by atoms with Crippen molar-refractivity contribution >= 4 is 11.7 Å². The molecule has 1 unspecified atom stereocenters. The zero-order chi connectivity index (χ0) is 18.4. The lowest BCUT2D eigenvalue weighted by atomic mass is 9.96. The first-order valence-electron chi connectivity index (χ1n) is 8.35. The van der Waals surface area contributed by atoms with Crippen LogP contribution in [0.3, 0.4) is 0 Å². The Hall–Kier alpha value is -2.47. The lowest BCUT2D eigenvalue weighted by molar-refractivity contribution is 0.0526. The van der Waals surface area contributed by atoms with Gasteiger partial charge in [-0.15, -0.1) is 0 Å². The van der Waals surface area contributed by atoms with Crippen molar-refractivity contribution in [3.8, 4) is 0 Å². The molecule has 1 atom stereocenters. The molecule has 1 amide bonds. The van der Waals surface area contributed by atoms with Gasteiger partial charge in [-0.05, 0) is 50.6 Å². The van der Waals surface area contributed by atoms with E-state index < -0.39 is 5.60 Å². The van der Waals surface area contributed by atoms with Gasteiger partial charge in [-0.25, -0.2) is 9.37 Å². The molecule has 134 valence electrons. The summed E-state index contributed by atoms with van der Waals surface area (Å²) in [6, 6.07) is 9.08. The maximum atomic E-state index is 13.0. The number of aromatic nitrogens is 1. The number of halogens is 1. The molecule has 0 saturated carbocycles. The van der Waals surface area contributed by atoms with Crippen LogP contribution in [0.1, 0.15) is 36.7 Å². The maximum Gasteiger partial charge on any atom is 0.252 e. The molecule has 0 aliphatic heterocycles. The summed E-state index contributed by atoms with van der Waals surface area (Å²) in [4.78, 5) is 18.7. The standard InChI is InChI=1S/C19H24FN3O2/c1-4-23(5-2)17-11-6-14(12-21-17)18(24)22-13-19(3,25)15-7-9-16(20)10-8-15/h6-12,25H,4-5,13H2,1-3H3,(H,22,24). The Morgan fingerprint density at radius 3 is 2.36 bits per heavy atom. The molecule has 2 N–H and O–H groups in total. The van der Waals surface area contributed by atoms with Gasteiger partial charge in [-0.1, -0.05) is 12.1 Å². The molecule has 2 rings (SSSR count). The summed E-state index contributed by atoms with van der Waals surface area (Å²) < 4.78 is 13.0. The Balaban J connectivity index is 2.00. The van der Waals surface area contributed by atoms with Crippen LogP contribution in [0.4, 0.5) is 10.2 Å². The SMILES string of the molecule is CCN(CC)c1ccc(C(=O)NCC(C)(O)c2ccc(F)cc2)cn1. The van der Waals surface area contributed by atoms with Crippen LogP contribution in [-0.2, 0) is 5.60 Å². The molecule has 0 aliphatic carbocycles. The summed E-state index contributed by atoms with van der Waals surface area (Å²) in [5, 5.41) is 13.2. The second kappa shape index (κ2) is 8.07. The summed E-state index contributed by atoms with van der Waals surface area (Å²) in [7, 11) is 0. The highest BCUT2D eigenvalue weighted by Crippen LogP contribution is 2.20. The van der Waals surface area contributed by atoms with Crippen LogP contribution in [0.5, 0.6) is 0 Å². The number of carbonyl (C=O) groups excluding carboxylic acids is 1. The molecule has 0 saturated heterocycles. The smallest absolute Gasteiger partial charge is 0.252 e. The van der Waals surface area contributed by atoms with E-state index in [2.05, 4.69) is 15.2 Å². The Morgan fingerprint density at radius 2 is 1.84 bits per heavy atom. The van der Waals surface area contributed by atoms with Crippen LogP contribution >= 0.6 is 0 Å². The van der Waals surface area contributed by atoms with Crippen molar-refractivity contribution in [2.45, 2.75) is 26.4 Å². The number of hydrogen-bond donors (Lipinski definition) is 2. The Kier molecular flexibility index (Phi) is 6.09. The molecule has 0 bridgehead atoms.